The summed E-state index contributed by atoms with van der Waals surface area (Å²) in [4.78, 5) is 0. The van der Waals surface area contributed by atoms with E-state index in [9.17, 15) is 13.2 Å². The average molecular weight is 249 g/mol. The largest absolute Gasteiger partial charge is 0.403 e. The van der Waals surface area contributed by atoms with Gasteiger partial charge in [0, 0.05) is 18.9 Å². The molecule has 0 saturated carbocycles. The molecule has 1 unspecified atom stereocenters. The van der Waals surface area contributed by atoms with E-state index in [1.54, 1.807) is 24.0 Å². The van der Waals surface area contributed by atoms with Crippen molar-refractivity contribution >= 4 is 0 Å². The maximum Gasteiger partial charge on any atom is 0.403 e. The van der Waals surface area contributed by atoms with Crippen LogP contribution < -0.4 is 5.32 Å². The summed E-state index contributed by atoms with van der Waals surface area (Å²) in [6.07, 6.45) is -1.48. The Morgan fingerprint density at radius 2 is 2.18 bits per heavy atom. The predicted octanol–water partition coefficient (Wildman–Crippen LogP) is 2.28. The van der Waals surface area contributed by atoms with E-state index in [4.69, 9.17) is 0 Å². The van der Waals surface area contributed by atoms with Gasteiger partial charge in [0.25, 0.3) is 0 Å². The van der Waals surface area contributed by atoms with Crippen LogP contribution in [0.15, 0.2) is 12.3 Å². The lowest BCUT2D eigenvalue weighted by Crippen LogP contribution is -2.43. The Labute approximate surface area is 99.0 Å². The lowest BCUT2D eigenvalue weighted by molar-refractivity contribution is -0.157. The fraction of sp³-hybridized carbons (Fsp3) is 0.727. The van der Waals surface area contributed by atoms with Gasteiger partial charge in [0.15, 0.2) is 0 Å². The average Bonchev–Trinajstić information content (AvgIpc) is 2.62. The van der Waals surface area contributed by atoms with Crippen LogP contribution in [-0.4, -0.2) is 28.5 Å². The van der Waals surface area contributed by atoms with Crippen LogP contribution in [0, 0.1) is 0 Å². The zero-order chi connectivity index (χ0) is 12.9. The molecule has 6 heteroatoms. The van der Waals surface area contributed by atoms with E-state index in [0.29, 0.717) is 19.4 Å². The Morgan fingerprint density at radius 1 is 1.47 bits per heavy atom. The molecule has 1 atom stereocenters. The fourth-order valence-corrected chi connectivity index (χ4v) is 1.64. The van der Waals surface area contributed by atoms with Crippen molar-refractivity contribution in [2.75, 3.05) is 6.54 Å². The molecule has 1 aromatic rings. The third kappa shape index (κ3) is 4.38. The maximum atomic E-state index is 12.7. The van der Waals surface area contributed by atoms with Gasteiger partial charge < -0.3 is 5.32 Å². The second kappa shape index (κ2) is 6.05. The number of halogens is 3. The highest BCUT2D eigenvalue weighted by molar-refractivity contribution is 5.00. The first kappa shape index (κ1) is 14.0. The molecule has 3 nitrogen and oxygen atoms in total. The number of nitrogens with one attached hydrogen (secondary N) is 1. The molecule has 1 N–H and O–H groups in total. The highest BCUT2D eigenvalue weighted by Gasteiger charge is 2.38. The Hall–Kier alpha value is -1.04. The summed E-state index contributed by atoms with van der Waals surface area (Å²) in [6.45, 7) is 2.23. The summed E-state index contributed by atoms with van der Waals surface area (Å²) in [7, 11) is 1.73. The molecule has 0 aliphatic rings. The molecular formula is C11H18F3N3. The lowest BCUT2D eigenvalue weighted by Gasteiger charge is -2.21. The van der Waals surface area contributed by atoms with Crippen LogP contribution in [-0.2, 0) is 13.5 Å². The third-order valence-electron chi connectivity index (χ3n) is 2.65. The van der Waals surface area contributed by atoms with E-state index in [1.165, 1.54) is 0 Å². The first-order valence-electron chi connectivity index (χ1n) is 5.72. The molecule has 0 saturated heterocycles. The van der Waals surface area contributed by atoms with Gasteiger partial charge >= 0.3 is 6.18 Å². The van der Waals surface area contributed by atoms with Crippen molar-refractivity contribution in [2.45, 2.75) is 38.4 Å². The van der Waals surface area contributed by atoms with Crippen molar-refractivity contribution in [3.05, 3.63) is 18.0 Å². The van der Waals surface area contributed by atoms with E-state index in [1.807, 2.05) is 6.92 Å². The zero-order valence-electron chi connectivity index (χ0n) is 10.1. The number of rotatable bonds is 6. The van der Waals surface area contributed by atoms with Gasteiger partial charge in [0.2, 0.25) is 0 Å². The highest BCUT2D eigenvalue weighted by Crippen LogP contribution is 2.23. The van der Waals surface area contributed by atoms with Gasteiger partial charge in [-0.05, 0) is 31.9 Å². The first-order valence-corrected chi connectivity index (χ1v) is 5.72. The molecule has 98 valence electrons. The molecule has 0 amide bonds. The second-order valence-electron chi connectivity index (χ2n) is 4.03. The Morgan fingerprint density at radius 3 is 2.65 bits per heavy atom. The van der Waals surface area contributed by atoms with Crippen molar-refractivity contribution < 1.29 is 13.2 Å². The summed E-state index contributed by atoms with van der Waals surface area (Å²) < 4.78 is 39.7. The van der Waals surface area contributed by atoms with Crippen LogP contribution in [0.3, 0.4) is 0 Å². The Kier molecular flexibility index (Phi) is 4.99. The molecular weight excluding hydrogens is 231 g/mol. The Bertz CT molecular complexity index is 333. The predicted molar refractivity (Wildman–Crippen MR) is 59.7 cm³/mol. The minimum atomic E-state index is -4.19. The normalized spacial score (nSPS) is 13.9. The smallest absolute Gasteiger partial charge is 0.306 e. The fourth-order valence-electron chi connectivity index (χ4n) is 1.64. The molecule has 0 radical (unpaired) electrons. The van der Waals surface area contributed by atoms with Gasteiger partial charge in [-0.2, -0.15) is 18.3 Å². The quantitative estimate of drug-likeness (QED) is 0.838. The summed E-state index contributed by atoms with van der Waals surface area (Å²) in [5, 5.41) is 6.47. The number of hydrogen-bond acceptors (Lipinski definition) is 2. The van der Waals surface area contributed by atoms with Crippen LogP contribution in [0.1, 0.15) is 25.5 Å². The van der Waals surface area contributed by atoms with E-state index < -0.39 is 12.2 Å². The van der Waals surface area contributed by atoms with Crippen LogP contribution in [0.5, 0.6) is 0 Å². The van der Waals surface area contributed by atoms with Gasteiger partial charge in [0.1, 0.15) is 6.04 Å². The standard InChI is InChI=1S/C11H18F3N3/c1-3-7-15-10(11(12,13)14)5-4-9-6-8-16-17(9)2/h6,8,10,15H,3-5,7H2,1-2H3. The highest BCUT2D eigenvalue weighted by atomic mass is 19.4. The van der Waals surface area contributed by atoms with Gasteiger partial charge in [0.05, 0.1) is 0 Å². The van der Waals surface area contributed by atoms with Crippen molar-refractivity contribution in [1.29, 1.82) is 0 Å². The summed E-state index contributed by atoms with van der Waals surface area (Å²) in [5.74, 6) is 0. The molecule has 0 bridgehead atoms. The minimum Gasteiger partial charge on any atom is -0.306 e. The van der Waals surface area contributed by atoms with Crippen LogP contribution >= 0.6 is 0 Å². The topological polar surface area (TPSA) is 29.9 Å². The van der Waals surface area contributed by atoms with Gasteiger partial charge in [-0.3, -0.25) is 4.68 Å². The van der Waals surface area contributed by atoms with Gasteiger partial charge in [-0.25, -0.2) is 0 Å². The molecule has 0 aliphatic carbocycles. The van der Waals surface area contributed by atoms with Crippen LogP contribution in [0.4, 0.5) is 13.2 Å². The SMILES string of the molecule is CCCNC(CCc1ccnn1C)C(F)(F)F. The molecule has 0 spiro atoms. The number of hydrogen-bond donors (Lipinski definition) is 1. The van der Waals surface area contributed by atoms with Crippen molar-refractivity contribution in [2.24, 2.45) is 7.05 Å². The molecule has 0 aliphatic heterocycles. The third-order valence-corrected chi connectivity index (χ3v) is 2.65. The molecule has 17 heavy (non-hydrogen) atoms. The number of alkyl halides is 3. The monoisotopic (exact) mass is 249 g/mol. The van der Waals surface area contributed by atoms with Gasteiger partial charge in [-0.1, -0.05) is 6.92 Å². The Balaban J connectivity index is 2.52. The van der Waals surface area contributed by atoms with Crippen LogP contribution in [0.25, 0.3) is 0 Å². The molecule has 1 rings (SSSR count). The molecule has 0 aromatic carbocycles. The van der Waals surface area contributed by atoms with Crippen molar-refractivity contribution in [1.82, 2.24) is 15.1 Å². The van der Waals surface area contributed by atoms with E-state index >= 15 is 0 Å². The van der Waals surface area contributed by atoms with Crippen molar-refractivity contribution in [3.8, 4) is 0 Å². The number of aromatic nitrogens is 2. The summed E-state index contributed by atoms with van der Waals surface area (Å²) in [6, 6.07) is 0.310. The zero-order valence-corrected chi connectivity index (χ0v) is 10.1. The maximum absolute atomic E-state index is 12.7. The minimum absolute atomic E-state index is 0.0447. The van der Waals surface area contributed by atoms with Crippen molar-refractivity contribution in [3.63, 3.8) is 0 Å². The first-order chi connectivity index (χ1) is 7.95. The summed E-state index contributed by atoms with van der Waals surface area (Å²) >= 11 is 0. The summed E-state index contributed by atoms with van der Waals surface area (Å²) in [5.41, 5.74) is 0.817. The molecule has 0 fully saturated rings. The van der Waals surface area contributed by atoms with Crippen LogP contribution in [0.2, 0.25) is 0 Å². The second-order valence-corrected chi connectivity index (χ2v) is 4.03. The van der Waals surface area contributed by atoms with E-state index in [0.717, 1.165) is 5.69 Å². The lowest BCUT2D eigenvalue weighted by atomic mass is 10.1. The number of nitrogens with zero attached hydrogens (tertiary/aromatic N) is 2. The van der Waals surface area contributed by atoms with Gasteiger partial charge in [-0.15, -0.1) is 0 Å². The molecule has 1 aromatic heterocycles. The van der Waals surface area contributed by atoms with E-state index in [-0.39, 0.29) is 6.42 Å². The van der Waals surface area contributed by atoms with E-state index in [2.05, 4.69) is 10.4 Å². The number of aryl methyl sites for hydroxylation is 2. The molecule has 1 heterocycles.